The second kappa shape index (κ2) is 10.6. The van der Waals surface area contributed by atoms with E-state index < -0.39 is 23.8 Å². The van der Waals surface area contributed by atoms with Crippen molar-refractivity contribution in [1.29, 1.82) is 0 Å². The predicted molar refractivity (Wildman–Crippen MR) is 131 cm³/mol. The van der Waals surface area contributed by atoms with Crippen molar-refractivity contribution in [3.8, 4) is 11.5 Å². The summed E-state index contributed by atoms with van der Waals surface area (Å²) in [6.07, 6.45) is 1.39. The molecular weight excluding hydrogens is 464 g/mol. The third-order valence-electron chi connectivity index (χ3n) is 5.29. The van der Waals surface area contributed by atoms with Crippen molar-refractivity contribution >= 4 is 35.6 Å². The van der Waals surface area contributed by atoms with Gasteiger partial charge in [0.1, 0.15) is 12.2 Å². The summed E-state index contributed by atoms with van der Waals surface area (Å²) < 4.78 is 11.5. The molecule has 0 spiro atoms. The minimum atomic E-state index is -1.01. The van der Waals surface area contributed by atoms with Gasteiger partial charge in [0.05, 0.1) is 17.9 Å². The number of imide groups is 2. The zero-order valence-electron chi connectivity index (χ0n) is 19.3. The van der Waals surface area contributed by atoms with Gasteiger partial charge in [0.15, 0.2) is 11.5 Å². The largest absolute Gasteiger partial charge is 0.490 e. The first-order valence-electron chi connectivity index (χ1n) is 11.1. The maximum Gasteiger partial charge on any atom is 0.335 e. The third kappa shape index (κ3) is 5.25. The summed E-state index contributed by atoms with van der Waals surface area (Å²) in [7, 11) is 0. The number of ether oxygens (including phenoxy) is 2. The number of nitrogens with zero attached hydrogens (tertiary/aromatic N) is 1. The molecule has 36 heavy (non-hydrogen) atoms. The minimum Gasteiger partial charge on any atom is -0.490 e. The molecule has 9 heteroatoms. The topological polar surface area (TPSA) is 122 Å². The van der Waals surface area contributed by atoms with Crippen molar-refractivity contribution in [3.63, 3.8) is 0 Å². The molecule has 1 fully saturated rings. The zero-order valence-corrected chi connectivity index (χ0v) is 19.3. The highest BCUT2D eigenvalue weighted by molar-refractivity contribution is 6.39. The fourth-order valence-electron chi connectivity index (χ4n) is 3.54. The molecule has 3 aromatic carbocycles. The van der Waals surface area contributed by atoms with Crippen molar-refractivity contribution in [1.82, 2.24) is 5.32 Å². The highest BCUT2D eigenvalue weighted by atomic mass is 16.5. The Bertz CT molecular complexity index is 1350. The van der Waals surface area contributed by atoms with Crippen molar-refractivity contribution in [2.75, 3.05) is 11.5 Å². The summed E-state index contributed by atoms with van der Waals surface area (Å²) in [5, 5.41) is 11.2. The van der Waals surface area contributed by atoms with Gasteiger partial charge in [-0.3, -0.25) is 14.9 Å². The van der Waals surface area contributed by atoms with Crippen LogP contribution in [0, 0.1) is 0 Å². The smallest absolute Gasteiger partial charge is 0.335 e. The molecule has 0 aromatic heterocycles. The molecule has 0 saturated carbocycles. The molecule has 0 radical (unpaired) electrons. The number of urea groups is 1. The van der Waals surface area contributed by atoms with Crippen LogP contribution in [-0.4, -0.2) is 35.5 Å². The first-order chi connectivity index (χ1) is 17.4. The molecule has 4 amide bonds. The number of hydrogen-bond donors (Lipinski definition) is 2. The van der Waals surface area contributed by atoms with E-state index in [1.54, 1.807) is 67.6 Å². The number of benzene rings is 3. The molecule has 0 unspecified atom stereocenters. The fourth-order valence-corrected chi connectivity index (χ4v) is 3.54. The number of hydrogen-bond acceptors (Lipinski definition) is 6. The highest BCUT2D eigenvalue weighted by Gasteiger charge is 2.36. The van der Waals surface area contributed by atoms with Gasteiger partial charge < -0.3 is 14.6 Å². The molecule has 0 aliphatic carbocycles. The second-order valence-corrected chi connectivity index (χ2v) is 7.72. The Morgan fingerprint density at radius 2 is 1.67 bits per heavy atom. The Morgan fingerprint density at radius 1 is 0.944 bits per heavy atom. The van der Waals surface area contributed by atoms with Crippen molar-refractivity contribution in [3.05, 3.63) is 95.1 Å². The number of carboxylic acids is 1. The predicted octanol–water partition coefficient (Wildman–Crippen LogP) is 4.03. The first kappa shape index (κ1) is 24.2. The standard InChI is InChI=1S/C27H22N2O7/c1-2-35-23-15-18(10-13-22(23)36-16-17-8-11-19(12-9-17)26(32)33)14-21-24(30)28-27(34)29(25(21)31)20-6-4-3-5-7-20/h3-15H,2,16H2,1H3,(H,32,33)(H,28,30,34)/b21-14+. The third-order valence-corrected chi connectivity index (χ3v) is 5.29. The monoisotopic (exact) mass is 486 g/mol. The average molecular weight is 486 g/mol. The lowest BCUT2D eigenvalue weighted by Crippen LogP contribution is -2.54. The molecule has 0 atom stereocenters. The van der Waals surface area contributed by atoms with Crippen molar-refractivity contribution in [2.24, 2.45) is 0 Å². The summed E-state index contributed by atoms with van der Waals surface area (Å²) in [6.45, 7) is 2.33. The van der Waals surface area contributed by atoms with Gasteiger partial charge in [0.25, 0.3) is 11.8 Å². The zero-order chi connectivity index (χ0) is 25.7. The average Bonchev–Trinajstić information content (AvgIpc) is 2.87. The molecule has 182 valence electrons. The van der Waals surface area contributed by atoms with Crippen LogP contribution in [0.25, 0.3) is 6.08 Å². The normalized spacial score (nSPS) is 14.5. The van der Waals surface area contributed by atoms with Crippen LogP contribution in [0.1, 0.15) is 28.4 Å². The Kier molecular flexibility index (Phi) is 7.10. The summed E-state index contributed by atoms with van der Waals surface area (Å²) in [6, 6.07) is 18.7. The molecule has 9 nitrogen and oxygen atoms in total. The number of nitrogens with one attached hydrogen (secondary N) is 1. The number of para-hydroxylation sites is 1. The van der Waals surface area contributed by atoms with E-state index in [1.165, 1.54) is 18.2 Å². The molecular formula is C27H22N2O7. The van der Waals surface area contributed by atoms with Gasteiger partial charge >= 0.3 is 12.0 Å². The number of amides is 4. The number of carbonyl (C=O) groups excluding carboxylic acids is 3. The van der Waals surface area contributed by atoms with Crippen LogP contribution in [0.3, 0.4) is 0 Å². The van der Waals surface area contributed by atoms with Crippen LogP contribution in [0.4, 0.5) is 10.5 Å². The number of anilines is 1. The minimum absolute atomic E-state index is 0.176. The van der Waals surface area contributed by atoms with Crippen LogP contribution in [0.15, 0.2) is 78.4 Å². The summed E-state index contributed by atoms with van der Waals surface area (Å²) >= 11 is 0. The van der Waals surface area contributed by atoms with E-state index in [0.29, 0.717) is 29.4 Å². The van der Waals surface area contributed by atoms with Crippen molar-refractivity contribution in [2.45, 2.75) is 13.5 Å². The molecule has 1 saturated heterocycles. The van der Waals surface area contributed by atoms with E-state index >= 15 is 0 Å². The molecule has 0 bridgehead atoms. The van der Waals surface area contributed by atoms with Gasteiger partial charge in [-0.05, 0) is 60.5 Å². The fraction of sp³-hybridized carbons (Fsp3) is 0.111. The Labute approximate surface area is 206 Å². The molecule has 4 rings (SSSR count). The van der Waals surface area contributed by atoms with Crippen LogP contribution in [-0.2, 0) is 16.2 Å². The van der Waals surface area contributed by atoms with Crippen LogP contribution >= 0.6 is 0 Å². The molecule has 2 N–H and O–H groups in total. The van der Waals surface area contributed by atoms with Crippen LogP contribution in [0.5, 0.6) is 11.5 Å². The maximum absolute atomic E-state index is 13.0. The molecule has 3 aromatic rings. The molecule has 1 heterocycles. The summed E-state index contributed by atoms with van der Waals surface area (Å²) in [4.78, 5) is 49.7. The van der Waals surface area contributed by atoms with Gasteiger partial charge in [-0.15, -0.1) is 0 Å². The van der Waals surface area contributed by atoms with E-state index in [2.05, 4.69) is 5.32 Å². The highest BCUT2D eigenvalue weighted by Crippen LogP contribution is 2.31. The van der Waals surface area contributed by atoms with E-state index in [4.69, 9.17) is 14.6 Å². The number of aromatic carboxylic acids is 1. The van der Waals surface area contributed by atoms with Crippen LogP contribution < -0.4 is 19.7 Å². The number of rotatable bonds is 8. The summed E-state index contributed by atoms with van der Waals surface area (Å²) in [5.74, 6) is -1.71. The SMILES string of the molecule is CCOc1cc(/C=C2\C(=O)NC(=O)N(c3ccccc3)C2=O)ccc1OCc1ccc(C(=O)O)cc1. The van der Waals surface area contributed by atoms with Gasteiger partial charge in [-0.1, -0.05) is 36.4 Å². The van der Waals surface area contributed by atoms with Crippen LogP contribution in [0.2, 0.25) is 0 Å². The molecule has 1 aliphatic rings. The van der Waals surface area contributed by atoms with Gasteiger partial charge in [-0.25, -0.2) is 14.5 Å². The number of carbonyl (C=O) groups is 4. The lowest BCUT2D eigenvalue weighted by atomic mass is 10.1. The second-order valence-electron chi connectivity index (χ2n) is 7.72. The van der Waals surface area contributed by atoms with Crippen molar-refractivity contribution < 1.29 is 33.8 Å². The quantitative estimate of drug-likeness (QED) is 0.364. The van der Waals surface area contributed by atoms with E-state index in [0.717, 1.165) is 10.5 Å². The number of carboxylic acid groups (broad SMARTS) is 1. The number of barbiturate groups is 1. The Balaban J connectivity index is 1.57. The van der Waals surface area contributed by atoms with Gasteiger partial charge in [0, 0.05) is 0 Å². The lowest BCUT2D eigenvalue weighted by Gasteiger charge is -2.26. The van der Waals surface area contributed by atoms with E-state index in [-0.39, 0.29) is 17.7 Å². The van der Waals surface area contributed by atoms with E-state index in [1.807, 2.05) is 0 Å². The Morgan fingerprint density at radius 3 is 2.33 bits per heavy atom. The van der Waals surface area contributed by atoms with E-state index in [9.17, 15) is 19.2 Å². The van der Waals surface area contributed by atoms with Gasteiger partial charge in [0.2, 0.25) is 0 Å². The molecule has 1 aliphatic heterocycles. The first-order valence-corrected chi connectivity index (χ1v) is 11.1. The summed E-state index contributed by atoms with van der Waals surface area (Å²) in [5.41, 5.74) is 1.59. The lowest BCUT2D eigenvalue weighted by molar-refractivity contribution is -0.122. The van der Waals surface area contributed by atoms with Gasteiger partial charge in [-0.2, -0.15) is 0 Å². The maximum atomic E-state index is 13.0. The Hall–Kier alpha value is -4.92.